The van der Waals surface area contributed by atoms with Gasteiger partial charge < -0.3 is 10.3 Å². The lowest BCUT2D eigenvalue weighted by Gasteiger charge is -2.18. The molecule has 1 saturated carbocycles. The van der Waals surface area contributed by atoms with Crippen molar-refractivity contribution in [3.8, 4) is 0 Å². The van der Waals surface area contributed by atoms with Gasteiger partial charge in [0.05, 0.1) is 5.84 Å². The second kappa shape index (κ2) is 6.15. The Hall–Kier alpha value is -1.41. The number of aryl methyl sites for hydroxylation is 2. The Morgan fingerprint density at radius 2 is 2.29 bits per heavy atom. The number of amidine groups is 1. The summed E-state index contributed by atoms with van der Waals surface area (Å²) in [4.78, 5) is 4.14. The van der Waals surface area contributed by atoms with Crippen molar-refractivity contribution in [3.63, 3.8) is 0 Å². The fraction of sp³-hybridized carbons (Fsp3) is 0.692. The van der Waals surface area contributed by atoms with Crippen LogP contribution in [0.1, 0.15) is 38.4 Å². The average Bonchev–Trinajstić information content (AvgIpc) is 2.97. The maximum absolute atomic E-state index is 12.4. The Bertz CT molecular complexity index is 623. The molecule has 0 radical (unpaired) electrons. The Kier molecular flexibility index (Phi) is 4.67. The van der Waals surface area contributed by atoms with Crippen LogP contribution in [0.5, 0.6) is 0 Å². The molecular formula is C13H23N5O2S. The van der Waals surface area contributed by atoms with E-state index in [0.717, 1.165) is 25.8 Å². The van der Waals surface area contributed by atoms with Gasteiger partial charge in [-0.15, -0.1) is 0 Å². The quantitative estimate of drug-likeness (QED) is 0.536. The molecule has 118 valence electrons. The largest absolute Gasteiger partial charge is 0.387 e. The number of nitrogens with one attached hydrogen (secondary N) is 2. The van der Waals surface area contributed by atoms with E-state index in [1.165, 1.54) is 0 Å². The van der Waals surface area contributed by atoms with Crippen molar-refractivity contribution in [2.45, 2.75) is 57.1 Å². The van der Waals surface area contributed by atoms with E-state index in [-0.39, 0.29) is 22.8 Å². The number of hydrogen-bond acceptors (Lipinski definition) is 4. The first-order valence-corrected chi connectivity index (χ1v) is 8.73. The number of hydrogen-bond donors (Lipinski definition) is 3. The summed E-state index contributed by atoms with van der Waals surface area (Å²) >= 11 is 0. The highest BCUT2D eigenvalue weighted by atomic mass is 32.2. The number of nitrogens with two attached hydrogens (primary N) is 1. The Morgan fingerprint density at radius 3 is 2.90 bits per heavy atom. The molecule has 1 aromatic rings. The molecule has 8 heteroatoms. The van der Waals surface area contributed by atoms with E-state index >= 15 is 0 Å². The van der Waals surface area contributed by atoms with Gasteiger partial charge in [0, 0.05) is 24.7 Å². The van der Waals surface area contributed by atoms with Crippen LogP contribution in [-0.4, -0.2) is 29.8 Å². The molecule has 21 heavy (non-hydrogen) atoms. The molecule has 0 aliphatic heterocycles. The molecule has 0 saturated heterocycles. The van der Waals surface area contributed by atoms with Crippen molar-refractivity contribution < 1.29 is 8.42 Å². The average molecular weight is 313 g/mol. The highest BCUT2D eigenvalue weighted by molar-refractivity contribution is 7.89. The molecular weight excluding hydrogens is 290 g/mol. The van der Waals surface area contributed by atoms with Crippen LogP contribution in [0.2, 0.25) is 0 Å². The summed E-state index contributed by atoms with van der Waals surface area (Å²) in [6.07, 6.45) is 4.82. The molecule has 2 rings (SSSR count). The number of rotatable bonds is 6. The van der Waals surface area contributed by atoms with Crippen molar-refractivity contribution in [2.24, 2.45) is 11.7 Å². The molecule has 1 heterocycles. The molecule has 2 unspecified atom stereocenters. The van der Waals surface area contributed by atoms with Crippen LogP contribution in [0.15, 0.2) is 11.2 Å². The van der Waals surface area contributed by atoms with Gasteiger partial charge in [-0.25, -0.2) is 18.1 Å². The van der Waals surface area contributed by atoms with E-state index in [0.29, 0.717) is 12.2 Å². The molecule has 7 nitrogen and oxygen atoms in total. The van der Waals surface area contributed by atoms with Crippen LogP contribution < -0.4 is 10.5 Å². The van der Waals surface area contributed by atoms with E-state index in [4.69, 9.17) is 11.1 Å². The summed E-state index contributed by atoms with van der Waals surface area (Å²) in [6, 6.07) is -0.302. The lowest BCUT2D eigenvalue weighted by atomic mass is 10.0. The molecule has 0 aromatic carbocycles. The highest BCUT2D eigenvalue weighted by Gasteiger charge is 2.34. The summed E-state index contributed by atoms with van der Waals surface area (Å²) in [5.41, 5.74) is 5.54. The third-order valence-corrected chi connectivity index (χ3v) is 5.28. The van der Waals surface area contributed by atoms with Gasteiger partial charge in [0.1, 0.15) is 5.82 Å². The molecule has 1 aliphatic rings. The van der Waals surface area contributed by atoms with Gasteiger partial charge in [0.2, 0.25) is 0 Å². The summed E-state index contributed by atoms with van der Waals surface area (Å²) in [5.74, 6) is 0.526. The van der Waals surface area contributed by atoms with Crippen molar-refractivity contribution in [3.05, 3.63) is 12.0 Å². The molecule has 0 spiro atoms. The number of sulfonamides is 1. The SMILES string of the molecule is CCCn1cc(S(=O)(=O)NC2CCCC2C(=N)N)nc1C. The molecule has 0 amide bonds. The monoisotopic (exact) mass is 313 g/mol. The normalized spacial score (nSPS) is 22.6. The minimum absolute atomic E-state index is 0.0441. The molecule has 1 aliphatic carbocycles. The maximum atomic E-state index is 12.4. The molecule has 2 atom stereocenters. The van der Waals surface area contributed by atoms with Crippen LogP contribution in [-0.2, 0) is 16.6 Å². The van der Waals surface area contributed by atoms with Gasteiger partial charge in [0.15, 0.2) is 5.03 Å². The Balaban J connectivity index is 2.18. The van der Waals surface area contributed by atoms with Crippen LogP contribution in [0.4, 0.5) is 0 Å². The van der Waals surface area contributed by atoms with Crippen molar-refractivity contribution in [2.75, 3.05) is 0 Å². The zero-order valence-corrected chi connectivity index (χ0v) is 13.3. The molecule has 0 bridgehead atoms. The summed E-state index contributed by atoms with van der Waals surface area (Å²) in [7, 11) is -3.66. The van der Waals surface area contributed by atoms with E-state index < -0.39 is 10.0 Å². The van der Waals surface area contributed by atoms with Crippen molar-refractivity contribution >= 4 is 15.9 Å². The van der Waals surface area contributed by atoms with E-state index in [1.807, 2.05) is 11.5 Å². The fourth-order valence-corrected chi connectivity index (χ4v) is 4.13. The van der Waals surface area contributed by atoms with E-state index in [1.54, 1.807) is 13.1 Å². The summed E-state index contributed by atoms with van der Waals surface area (Å²) in [5, 5.41) is 7.59. The highest BCUT2D eigenvalue weighted by Crippen LogP contribution is 2.26. The second-order valence-corrected chi connectivity index (χ2v) is 7.20. The zero-order valence-electron chi connectivity index (χ0n) is 12.5. The first-order chi connectivity index (χ1) is 9.85. The Labute approximate surface area is 125 Å². The lowest BCUT2D eigenvalue weighted by Crippen LogP contribution is -2.42. The van der Waals surface area contributed by atoms with Gasteiger partial charge in [-0.1, -0.05) is 13.3 Å². The minimum Gasteiger partial charge on any atom is -0.387 e. The smallest absolute Gasteiger partial charge is 0.259 e. The van der Waals surface area contributed by atoms with Crippen molar-refractivity contribution in [1.29, 1.82) is 5.41 Å². The predicted molar refractivity (Wildman–Crippen MR) is 80.6 cm³/mol. The molecule has 1 aromatic heterocycles. The Morgan fingerprint density at radius 1 is 1.57 bits per heavy atom. The van der Waals surface area contributed by atoms with Crippen molar-refractivity contribution in [1.82, 2.24) is 14.3 Å². The standard InChI is InChI=1S/C13H23N5O2S/c1-3-7-18-8-12(16-9(18)2)21(19,20)17-11-6-4-5-10(11)13(14)15/h8,10-11,17H,3-7H2,1-2H3,(H3,14,15). The van der Waals surface area contributed by atoms with Gasteiger partial charge in [-0.2, -0.15) is 0 Å². The third-order valence-electron chi connectivity index (χ3n) is 3.92. The van der Waals surface area contributed by atoms with Gasteiger partial charge >= 0.3 is 0 Å². The zero-order chi connectivity index (χ0) is 15.6. The number of imidazole rings is 1. The van der Waals surface area contributed by atoms with E-state index in [2.05, 4.69) is 9.71 Å². The number of aromatic nitrogens is 2. The van der Waals surface area contributed by atoms with Crippen LogP contribution in [0.3, 0.4) is 0 Å². The lowest BCUT2D eigenvalue weighted by molar-refractivity contribution is 0.519. The summed E-state index contributed by atoms with van der Waals surface area (Å²) < 4.78 is 29.4. The first-order valence-electron chi connectivity index (χ1n) is 7.25. The fourth-order valence-electron chi connectivity index (χ4n) is 2.81. The van der Waals surface area contributed by atoms with Gasteiger partial charge in [0.25, 0.3) is 10.0 Å². The molecule has 1 fully saturated rings. The van der Waals surface area contributed by atoms with Gasteiger partial charge in [-0.05, 0) is 26.2 Å². The van der Waals surface area contributed by atoms with Crippen LogP contribution in [0, 0.1) is 18.3 Å². The summed E-state index contributed by atoms with van der Waals surface area (Å²) in [6.45, 7) is 4.57. The topological polar surface area (TPSA) is 114 Å². The van der Waals surface area contributed by atoms with Gasteiger partial charge in [-0.3, -0.25) is 5.41 Å². The van der Waals surface area contributed by atoms with Crippen LogP contribution >= 0.6 is 0 Å². The predicted octanol–water partition coefficient (Wildman–Crippen LogP) is 0.984. The number of nitrogens with zero attached hydrogens (tertiary/aromatic N) is 2. The second-order valence-electron chi connectivity index (χ2n) is 5.54. The van der Waals surface area contributed by atoms with E-state index in [9.17, 15) is 8.42 Å². The molecule has 4 N–H and O–H groups in total. The van der Waals surface area contributed by atoms with Crippen LogP contribution in [0.25, 0.3) is 0 Å². The first kappa shape index (κ1) is 16.0. The minimum atomic E-state index is -3.66. The maximum Gasteiger partial charge on any atom is 0.259 e. The third kappa shape index (κ3) is 3.44.